The molecule has 0 amide bonds. The Morgan fingerprint density at radius 1 is 1.24 bits per heavy atom. The number of thiophene rings is 1. The van der Waals surface area contributed by atoms with Crippen LogP contribution in [0.4, 0.5) is 5.69 Å². The van der Waals surface area contributed by atoms with E-state index in [4.69, 9.17) is 5.73 Å². The fourth-order valence-electron chi connectivity index (χ4n) is 3.41. The first kappa shape index (κ1) is 14.6. The molecule has 0 aliphatic carbocycles. The number of aryl methyl sites for hydroxylation is 1. The van der Waals surface area contributed by atoms with E-state index in [9.17, 15) is 0 Å². The highest BCUT2D eigenvalue weighted by atomic mass is 32.1. The van der Waals surface area contributed by atoms with E-state index in [1.807, 2.05) is 11.3 Å². The van der Waals surface area contributed by atoms with Gasteiger partial charge in [0.1, 0.15) is 0 Å². The van der Waals surface area contributed by atoms with Crippen molar-refractivity contribution in [3.05, 3.63) is 51.7 Å². The molecule has 0 saturated carbocycles. The fraction of sp³-hybridized carbons (Fsp3) is 0.444. The second-order valence-corrected chi connectivity index (χ2v) is 7.66. The van der Waals surface area contributed by atoms with Crippen LogP contribution in [-0.4, -0.2) is 12.6 Å². The summed E-state index contributed by atoms with van der Waals surface area (Å²) in [7, 11) is 0. The van der Waals surface area contributed by atoms with Gasteiger partial charge in [0.05, 0.1) is 6.04 Å². The summed E-state index contributed by atoms with van der Waals surface area (Å²) in [5.41, 5.74) is 9.20. The third-order valence-corrected chi connectivity index (χ3v) is 5.34. The van der Waals surface area contributed by atoms with Crippen LogP contribution in [0.25, 0.3) is 0 Å². The van der Waals surface area contributed by atoms with Gasteiger partial charge >= 0.3 is 0 Å². The lowest BCUT2D eigenvalue weighted by Gasteiger charge is -2.41. The molecule has 2 nitrogen and oxygen atoms in total. The summed E-state index contributed by atoms with van der Waals surface area (Å²) in [6.45, 7) is 7.71. The van der Waals surface area contributed by atoms with E-state index in [1.54, 1.807) is 0 Å². The maximum absolute atomic E-state index is 6.38. The van der Waals surface area contributed by atoms with Gasteiger partial charge in [-0.25, -0.2) is 0 Å². The average Bonchev–Trinajstić information content (AvgIpc) is 2.84. The maximum atomic E-state index is 6.38. The lowest BCUT2D eigenvalue weighted by Crippen LogP contribution is -2.44. The van der Waals surface area contributed by atoms with Crippen molar-refractivity contribution < 1.29 is 0 Å². The van der Waals surface area contributed by atoms with Crippen molar-refractivity contribution in [2.24, 2.45) is 11.7 Å². The number of benzene rings is 1. The van der Waals surface area contributed by atoms with Gasteiger partial charge in [-0.1, -0.05) is 25.1 Å². The number of hydrogen-bond acceptors (Lipinski definition) is 3. The van der Waals surface area contributed by atoms with Crippen molar-refractivity contribution in [3.8, 4) is 0 Å². The van der Waals surface area contributed by atoms with E-state index in [-0.39, 0.29) is 12.1 Å². The van der Waals surface area contributed by atoms with Crippen molar-refractivity contribution >= 4 is 17.0 Å². The van der Waals surface area contributed by atoms with Gasteiger partial charge in [0, 0.05) is 28.0 Å². The molecule has 1 aromatic carbocycles. The van der Waals surface area contributed by atoms with Gasteiger partial charge < -0.3 is 10.6 Å². The Morgan fingerprint density at radius 2 is 2.00 bits per heavy atom. The van der Waals surface area contributed by atoms with Gasteiger partial charge in [0.2, 0.25) is 0 Å². The number of nitrogens with two attached hydrogens (primary N) is 1. The maximum Gasteiger partial charge on any atom is 0.0783 e. The summed E-state index contributed by atoms with van der Waals surface area (Å²) in [6.07, 6.45) is 1.17. The number of anilines is 1. The van der Waals surface area contributed by atoms with Crippen LogP contribution in [0.15, 0.2) is 36.4 Å². The number of para-hydroxylation sites is 1. The van der Waals surface area contributed by atoms with Gasteiger partial charge in [-0.15, -0.1) is 11.3 Å². The summed E-state index contributed by atoms with van der Waals surface area (Å²) in [5, 5.41) is 0. The van der Waals surface area contributed by atoms with Crippen LogP contribution < -0.4 is 10.6 Å². The quantitative estimate of drug-likeness (QED) is 0.923. The second-order valence-electron chi connectivity index (χ2n) is 6.34. The van der Waals surface area contributed by atoms with Gasteiger partial charge in [-0.05, 0) is 49.9 Å². The van der Waals surface area contributed by atoms with E-state index < -0.39 is 0 Å². The van der Waals surface area contributed by atoms with Crippen LogP contribution >= 0.6 is 11.3 Å². The zero-order valence-electron chi connectivity index (χ0n) is 13.0. The molecule has 0 radical (unpaired) electrons. The van der Waals surface area contributed by atoms with Crippen LogP contribution in [-0.2, 0) is 6.42 Å². The Bertz CT molecular complexity index is 617. The highest BCUT2D eigenvalue weighted by Crippen LogP contribution is 2.38. The molecule has 0 spiro atoms. The van der Waals surface area contributed by atoms with E-state index in [0.717, 1.165) is 6.54 Å². The Morgan fingerprint density at radius 3 is 2.67 bits per heavy atom. The summed E-state index contributed by atoms with van der Waals surface area (Å²) < 4.78 is 0. The predicted molar refractivity (Wildman–Crippen MR) is 92.1 cm³/mol. The molecule has 3 unspecified atom stereocenters. The Kier molecular flexibility index (Phi) is 4.05. The Hall–Kier alpha value is -1.32. The molecule has 112 valence electrons. The minimum atomic E-state index is 0.112. The molecular formula is C18H24N2S. The average molecular weight is 300 g/mol. The summed E-state index contributed by atoms with van der Waals surface area (Å²) in [4.78, 5) is 5.26. The SMILES string of the molecule is Cc1ccc(C(C(C)N)N2CC(C)Cc3ccccc32)s1. The minimum absolute atomic E-state index is 0.112. The second kappa shape index (κ2) is 5.82. The topological polar surface area (TPSA) is 29.3 Å². The third-order valence-electron chi connectivity index (χ3n) is 4.26. The molecule has 0 fully saturated rings. The standard InChI is InChI=1S/C18H24N2S/c1-12-10-15-6-4-5-7-16(15)20(11-12)18(14(3)19)17-9-8-13(2)21-17/h4-9,12,14,18H,10-11,19H2,1-3H3. The van der Waals surface area contributed by atoms with Crippen LogP contribution in [0, 0.1) is 12.8 Å². The largest absolute Gasteiger partial charge is 0.362 e. The first-order valence-electron chi connectivity index (χ1n) is 7.72. The lowest BCUT2D eigenvalue weighted by atomic mass is 9.91. The van der Waals surface area contributed by atoms with Gasteiger partial charge in [0.15, 0.2) is 0 Å². The number of hydrogen-bond donors (Lipinski definition) is 1. The molecule has 3 heteroatoms. The molecule has 3 atom stereocenters. The highest BCUT2D eigenvalue weighted by molar-refractivity contribution is 7.12. The smallest absolute Gasteiger partial charge is 0.0783 e. The number of fused-ring (bicyclic) bond motifs is 1. The van der Waals surface area contributed by atoms with Crippen LogP contribution in [0.2, 0.25) is 0 Å². The molecule has 2 heterocycles. The van der Waals surface area contributed by atoms with E-state index in [0.29, 0.717) is 5.92 Å². The van der Waals surface area contributed by atoms with Crippen molar-refractivity contribution in [3.63, 3.8) is 0 Å². The molecule has 2 aromatic rings. The van der Waals surface area contributed by atoms with E-state index in [2.05, 4.69) is 62.1 Å². The molecule has 0 saturated heterocycles. The third kappa shape index (κ3) is 2.85. The van der Waals surface area contributed by atoms with E-state index >= 15 is 0 Å². The first-order chi connectivity index (χ1) is 10.1. The highest BCUT2D eigenvalue weighted by Gasteiger charge is 2.31. The molecule has 3 rings (SSSR count). The summed E-state index contributed by atoms with van der Waals surface area (Å²) in [5.74, 6) is 0.669. The first-order valence-corrected chi connectivity index (χ1v) is 8.54. The van der Waals surface area contributed by atoms with Crippen molar-refractivity contribution in [2.45, 2.75) is 39.3 Å². The predicted octanol–water partition coefficient (Wildman–Crippen LogP) is 4.14. The van der Waals surface area contributed by atoms with Gasteiger partial charge in [-0.2, -0.15) is 0 Å². The van der Waals surface area contributed by atoms with Gasteiger partial charge in [-0.3, -0.25) is 0 Å². The van der Waals surface area contributed by atoms with Crippen LogP contribution in [0.3, 0.4) is 0 Å². The minimum Gasteiger partial charge on any atom is -0.362 e. The molecule has 1 aromatic heterocycles. The van der Waals surface area contributed by atoms with Crippen molar-refractivity contribution in [2.75, 3.05) is 11.4 Å². The van der Waals surface area contributed by atoms with Crippen LogP contribution in [0.1, 0.15) is 35.2 Å². The zero-order chi connectivity index (χ0) is 15.0. The van der Waals surface area contributed by atoms with E-state index in [1.165, 1.54) is 27.4 Å². The number of nitrogens with zero attached hydrogens (tertiary/aromatic N) is 1. The summed E-state index contributed by atoms with van der Waals surface area (Å²) >= 11 is 1.87. The lowest BCUT2D eigenvalue weighted by molar-refractivity contribution is 0.457. The molecular weight excluding hydrogens is 276 g/mol. The monoisotopic (exact) mass is 300 g/mol. The number of rotatable bonds is 3. The molecule has 21 heavy (non-hydrogen) atoms. The molecule has 0 bridgehead atoms. The summed E-state index contributed by atoms with van der Waals surface area (Å²) in [6, 6.07) is 13.6. The molecule has 2 N–H and O–H groups in total. The normalized spacial score (nSPS) is 21.0. The fourth-order valence-corrected chi connectivity index (χ4v) is 4.52. The zero-order valence-corrected chi connectivity index (χ0v) is 13.9. The molecule has 1 aliphatic heterocycles. The molecule has 1 aliphatic rings. The van der Waals surface area contributed by atoms with Crippen molar-refractivity contribution in [1.82, 2.24) is 0 Å². The van der Waals surface area contributed by atoms with Crippen molar-refractivity contribution in [1.29, 1.82) is 0 Å². The van der Waals surface area contributed by atoms with Gasteiger partial charge in [0.25, 0.3) is 0 Å². The Balaban J connectivity index is 2.04. The van der Waals surface area contributed by atoms with Crippen LogP contribution in [0.5, 0.6) is 0 Å². The Labute approximate surface area is 131 Å².